The molecule has 0 atom stereocenters. The zero-order chi connectivity index (χ0) is 12.9. The average molecular weight is 242 g/mol. The fraction of sp³-hybridized carbons (Fsp3) is 0.455. The summed E-state index contributed by atoms with van der Waals surface area (Å²) in [4.78, 5) is 21.4. The van der Waals surface area contributed by atoms with E-state index in [0.717, 1.165) is 6.08 Å². The van der Waals surface area contributed by atoms with E-state index in [2.05, 4.69) is 23.8 Å². The van der Waals surface area contributed by atoms with Crippen molar-refractivity contribution in [3.8, 4) is 0 Å². The molecule has 0 aliphatic carbocycles. The molecule has 0 saturated heterocycles. The molecule has 6 nitrogen and oxygen atoms in total. The van der Waals surface area contributed by atoms with Gasteiger partial charge in [0.25, 0.3) is 0 Å². The second-order valence-corrected chi connectivity index (χ2v) is 2.92. The lowest BCUT2D eigenvalue weighted by Gasteiger charge is -2.06. The molecule has 0 aromatic rings. The summed E-state index contributed by atoms with van der Waals surface area (Å²) in [7, 11) is 0. The van der Waals surface area contributed by atoms with Gasteiger partial charge in [-0.1, -0.05) is 13.2 Å². The Bertz CT molecular complexity index is 240. The molecule has 0 unspecified atom stereocenters. The van der Waals surface area contributed by atoms with Crippen LogP contribution in [0.25, 0.3) is 0 Å². The predicted octanol–water partition coefficient (Wildman–Crippen LogP) is -0.418. The summed E-state index contributed by atoms with van der Waals surface area (Å²) in [6, 6.07) is 0. The molecule has 0 fully saturated rings. The Balaban J connectivity index is 3.13. The molecule has 0 spiro atoms. The summed E-state index contributed by atoms with van der Waals surface area (Å²) in [6.07, 6.45) is 2.31. The van der Waals surface area contributed by atoms with Gasteiger partial charge in [-0.2, -0.15) is 0 Å². The third-order valence-electron chi connectivity index (χ3n) is 1.62. The Labute approximate surface area is 101 Å². The molecule has 96 valence electrons. The summed E-state index contributed by atoms with van der Waals surface area (Å²) in [5.41, 5.74) is 0. The lowest BCUT2D eigenvalue weighted by molar-refractivity contribution is -0.137. The van der Waals surface area contributed by atoms with Gasteiger partial charge in [-0.05, 0) is 6.08 Å². The van der Waals surface area contributed by atoms with E-state index in [1.165, 1.54) is 6.08 Å². The lowest BCUT2D eigenvalue weighted by atomic mass is 10.5. The molecule has 0 aromatic heterocycles. The van der Waals surface area contributed by atoms with Crippen LogP contribution in [0.2, 0.25) is 0 Å². The monoisotopic (exact) mass is 242 g/mol. The number of hydrogen-bond acceptors (Lipinski definition) is 5. The molecular weight excluding hydrogens is 224 g/mol. The largest absolute Gasteiger partial charge is 0.461 e. The van der Waals surface area contributed by atoms with Crippen LogP contribution >= 0.6 is 0 Å². The number of nitrogens with one attached hydrogen (secondary N) is 2. The lowest BCUT2D eigenvalue weighted by Crippen LogP contribution is -2.28. The number of hydrogen-bond donors (Lipinski definition) is 2. The highest BCUT2D eigenvalue weighted by Crippen LogP contribution is 1.77. The first-order chi connectivity index (χ1) is 8.20. The second-order valence-electron chi connectivity index (χ2n) is 2.92. The summed E-state index contributed by atoms with van der Waals surface area (Å²) in [5.74, 6) is -0.669. The first kappa shape index (κ1) is 15.3. The van der Waals surface area contributed by atoms with Crippen molar-refractivity contribution in [3.05, 3.63) is 25.3 Å². The highest BCUT2D eigenvalue weighted by molar-refractivity contribution is 5.86. The van der Waals surface area contributed by atoms with E-state index in [1.807, 2.05) is 0 Å². The molecular formula is C11H18N2O4. The number of amides is 1. The fourth-order valence-corrected chi connectivity index (χ4v) is 0.818. The van der Waals surface area contributed by atoms with Gasteiger partial charge in [0, 0.05) is 19.2 Å². The van der Waals surface area contributed by atoms with Crippen molar-refractivity contribution in [2.45, 2.75) is 0 Å². The van der Waals surface area contributed by atoms with E-state index >= 15 is 0 Å². The van der Waals surface area contributed by atoms with E-state index in [9.17, 15) is 9.59 Å². The zero-order valence-electron chi connectivity index (χ0n) is 9.74. The van der Waals surface area contributed by atoms with Crippen molar-refractivity contribution in [1.29, 1.82) is 0 Å². The minimum atomic E-state index is -0.445. The molecule has 0 aliphatic heterocycles. The van der Waals surface area contributed by atoms with Crippen LogP contribution in [-0.2, 0) is 19.1 Å². The molecule has 0 radical (unpaired) electrons. The van der Waals surface area contributed by atoms with E-state index in [0.29, 0.717) is 26.4 Å². The van der Waals surface area contributed by atoms with Gasteiger partial charge >= 0.3 is 5.97 Å². The van der Waals surface area contributed by atoms with Gasteiger partial charge in [-0.15, -0.1) is 0 Å². The Kier molecular flexibility index (Phi) is 9.79. The third kappa shape index (κ3) is 10.6. The Hall–Kier alpha value is -1.66. The van der Waals surface area contributed by atoms with Crippen LogP contribution in [0, 0.1) is 0 Å². The van der Waals surface area contributed by atoms with E-state index in [4.69, 9.17) is 9.47 Å². The summed E-state index contributed by atoms with van der Waals surface area (Å²) >= 11 is 0. The van der Waals surface area contributed by atoms with Crippen LogP contribution in [0.4, 0.5) is 0 Å². The molecule has 0 rings (SSSR count). The van der Waals surface area contributed by atoms with Gasteiger partial charge in [0.2, 0.25) is 5.91 Å². The topological polar surface area (TPSA) is 76.7 Å². The minimum absolute atomic E-state index is 0.224. The maximum Gasteiger partial charge on any atom is 0.330 e. The smallest absolute Gasteiger partial charge is 0.330 e. The highest BCUT2D eigenvalue weighted by atomic mass is 16.5. The number of ether oxygens (including phenoxy) is 2. The van der Waals surface area contributed by atoms with E-state index in [1.54, 1.807) is 0 Å². The van der Waals surface area contributed by atoms with Crippen molar-refractivity contribution < 1.29 is 19.1 Å². The van der Waals surface area contributed by atoms with Gasteiger partial charge in [0.15, 0.2) is 0 Å². The van der Waals surface area contributed by atoms with Gasteiger partial charge in [0.05, 0.1) is 13.3 Å². The summed E-state index contributed by atoms with van der Waals surface area (Å²) in [6.45, 7) is 8.51. The molecule has 1 amide bonds. The van der Waals surface area contributed by atoms with Crippen molar-refractivity contribution in [1.82, 2.24) is 10.6 Å². The highest BCUT2D eigenvalue weighted by Gasteiger charge is 1.95. The number of carbonyl (C=O) groups excluding carboxylic acids is 2. The molecule has 6 heteroatoms. The van der Waals surface area contributed by atoms with Gasteiger partial charge in [-0.25, -0.2) is 4.79 Å². The molecule has 0 heterocycles. The SMILES string of the molecule is C=CC(=O)NCCOCNCCOC(=O)C=C. The standard InChI is InChI=1S/C11H18N2O4/c1-3-10(14)13-6-7-16-9-12-5-8-17-11(15)4-2/h3-4,12H,1-2,5-9H2,(H,13,14). The van der Waals surface area contributed by atoms with Gasteiger partial charge < -0.3 is 14.8 Å². The van der Waals surface area contributed by atoms with Crippen molar-refractivity contribution >= 4 is 11.9 Å². The van der Waals surface area contributed by atoms with Gasteiger partial charge in [0.1, 0.15) is 6.61 Å². The number of carbonyl (C=O) groups is 2. The summed E-state index contributed by atoms with van der Waals surface area (Å²) in [5, 5.41) is 5.47. The average Bonchev–Trinajstić information content (AvgIpc) is 2.35. The van der Waals surface area contributed by atoms with Crippen LogP contribution < -0.4 is 10.6 Å². The Morgan fingerprint density at radius 3 is 2.53 bits per heavy atom. The van der Waals surface area contributed by atoms with E-state index in [-0.39, 0.29) is 12.5 Å². The second kappa shape index (κ2) is 10.8. The molecule has 0 bridgehead atoms. The van der Waals surface area contributed by atoms with Crippen LogP contribution in [0.3, 0.4) is 0 Å². The first-order valence-electron chi connectivity index (χ1n) is 5.18. The molecule has 0 aromatic carbocycles. The first-order valence-corrected chi connectivity index (χ1v) is 5.18. The zero-order valence-corrected chi connectivity index (χ0v) is 9.74. The van der Waals surface area contributed by atoms with Crippen molar-refractivity contribution in [2.75, 3.05) is 33.0 Å². The predicted molar refractivity (Wildman–Crippen MR) is 63.2 cm³/mol. The fourth-order valence-electron chi connectivity index (χ4n) is 0.818. The van der Waals surface area contributed by atoms with Crippen molar-refractivity contribution in [2.24, 2.45) is 0 Å². The van der Waals surface area contributed by atoms with Crippen LogP contribution in [0.15, 0.2) is 25.3 Å². The van der Waals surface area contributed by atoms with Gasteiger partial charge in [-0.3, -0.25) is 10.1 Å². The molecule has 0 aliphatic rings. The number of esters is 1. The van der Waals surface area contributed by atoms with Crippen LogP contribution in [-0.4, -0.2) is 44.9 Å². The Morgan fingerprint density at radius 1 is 1.12 bits per heavy atom. The maximum absolute atomic E-state index is 10.7. The maximum atomic E-state index is 10.7. The van der Waals surface area contributed by atoms with Crippen LogP contribution in [0.5, 0.6) is 0 Å². The third-order valence-corrected chi connectivity index (χ3v) is 1.62. The Morgan fingerprint density at radius 2 is 1.88 bits per heavy atom. The van der Waals surface area contributed by atoms with E-state index < -0.39 is 5.97 Å². The molecule has 2 N–H and O–H groups in total. The molecule has 0 saturated carbocycles. The summed E-state index contributed by atoms with van der Waals surface area (Å²) < 4.78 is 9.86. The normalized spacial score (nSPS) is 9.41. The molecule has 17 heavy (non-hydrogen) atoms. The minimum Gasteiger partial charge on any atom is -0.461 e. The quantitative estimate of drug-likeness (QED) is 0.235. The van der Waals surface area contributed by atoms with Crippen molar-refractivity contribution in [3.63, 3.8) is 0 Å². The van der Waals surface area contributed by atoms with Crippen LogP contribution in [0.1, 0.15) is 0 Å². The number of rotatable bonds is 10.